The van der Waals surface area contributed by atoms with Crippen LogP contribution in [0.2, 0.25) is 0 Å². The minimum atomic E-state index is -0.0838. The van der Waals surface area contributed by atoms with Gasteiger partial charge in [-0.05, 0) is 44.0 Å². The number of nitrogens with zero attached hydrogens (tertiary/aromatic N) is 6. The molecule has 0 saturated carbocycles. The summed E-state index contributed by atoms with van der Waals surface area (Å²) in [5.74, 6) is 0.440. The van der Waals surface area contributed by atoms with Crippen molar-refractivity contribution in [2.75, 3.05) is 13.1 Å². The maximum atomic E-state index is 12.5. The highest BCUT2D eigenvalue weighted by Crippen LogP contribution is 2.20. The number of rotatable bonds is 5. The molecular formula is C21H24N6O2. The molecule has 8 nitrogen and oxygen atoms in total. The van der Waals surface area contributed by atoms with E-state index in [1.807, 2.05) is 12.1 Å². The third kappa shape index (κ3) is 4.48. The standard InChI is InChI=1S/C21H24N6O2/c1-25-18(11-23-12-21(25)29)14-26-8-4-16(5-9-26)13-27-15-24-19(10-20(27)28)17-2-6-22-7-3-17/h2-3,6-7,10-12,15-16H,4-5,8-9,13-14H2,1H3. The second-order valence-electron chi connectivity index (χ2n) is 7.52. The lowest BCUT2D eigenvalue weighted by Gasteiger charge is -2.32. The van der Waals surface area contributed by atoms with Crippen molar-refractivity contribution in [2.24, 2.45) is 13.0 Å². The van der Waals surface area contributed by atoms with Gasteiger partial charge in [-0.25, -0.2) is 4.98 Å². The lowest BCUT2D eigenvalue weighted by atomic mass is 9.96. The molecule has 0 aromatic carbocycles. The molecule has 0 atom stereocenters. The molecule has 0 radical (unpaired) electrons. The fourth-order valence-electron chi connectivity index (χ4n) is 3.73. The summed E-state index contributed by atoms with van der Waals surface area (Å²) in [6, 6.07) is 5.28. The highest BCUT2D eigenvalue weighted by molar-refractivity contribution is 5.57. The highest BCUT2D eigenvalue weighted by atomic mass is 16.1. The Labute approximate surface area is 168 Å². The van der Waals surface area contributed by atoms with Crippen LogP contribution in [0.3, 0.4) is 0 Å². The number of piperidine rings is 1. The van der Waals surface area contributed by atoms with Crippen LogP contribution in [0.4, 0.5) is 0 Å². The van der Waals surface area contributed by atoms with Gasteiger partial charge in [-0.2, -0.15) is 0 Å². The average Bonchev–Trinajstić information content (AvgIpc) is 2.75. The Hall–Kier alpha value is -3.13. The largest absolute Gasteiger partial charge is 0.312 e. The summed E-state index contributed by atoms with van der Waals surface area (Å²) in [5.41, 5.74) is 2.37. The van der Waals surface area contributed by atoms with Gasteiger partial charge in [0.2, 0.25) is 0 Å². The summed E-state index contributed by atoms with van der Waals surface area (Å²) in [4.78, 5) is 39.0. The van der Waals surface area contributed by atoms with Crippen molar-refractivity contribution in [1.29, 1.82) is 0 Å². The minimum absolute atomic E-state index is 0.0281. The van der Waals surface area contributed by atoms with Crippen LogP contribution in [0.15, 0.2) is 58.9 Å². The molecule has 1 aliphatic heterocycles. The monoisotopic (exact) mass is 392 g/mol. The van der Waals surface area contributed by atoms with E-state index in [1.54, 1.807) is 47.2 Å². The highest BCUT2D eigenvalue weighted by Gasteiger charge is 2.21. The van der Waals surface area contributed by atoms with Crippen LogP contribution in [0.5, 0.6) is 0 Å². The Balaban J connectivity index is 1.35. The Morgan fingerprint density at radius 2 is 1.79 bits per heavy atom. The molecule has 1 saturated heterocycles. The quantitative estimate of drug-likeness (QED) is 0.651. The molecule has 0 aliphatic carbocycles. The first-order valence-corrected chi connectivity index (χ1v) is 9.79. The number of likely N-dealkylation sites (tertiary alicyclic amines) is 1. The Morgan fingerprint density at radius 1 is 1.03 bits per heavy atom. The van der Waals surface area contributed by atoms with Gasteiger partial charge in [0.05, 0.1) is 23.9 Å². The van der Waals surface area contributed by atoms with Crippen LogP contribution in [-0.2, 0) is 20.1 Å². The molecule has 3 aromatic heterocycles. The van der Waals surface area contributed by atoms with Gasteiger partial charge in [0.25, 0.3) is 11.1 Å². The van der Waals surface area contributed by atoms with Crippen LogP contribution in [0, 0.1) is 5.92 Å². The molecule has 4 heterocycles. The summed E-state index contributed by atoms with van der Waals surface area (Å²) < 4.78 is 3.35. The molecule has 4 rings (SSSR count). The molecular weight excluding hydrogens is 368 g/mol. The lowest BCUT2D eigenvalue weighted by molar-refractivity contribution is 0.163. The topological polar surface area (TPSA) is 85.9 Å². The maximum absolute atomic E-state index is 12.5. The summed E-state index contributed by atoms with van der Waals surface area (Å²) in [5, 5.41) is 0. The zero-order chi connectivity index (χ0) is 20.2. The fourth-order valence-corrected chi connectivity index (χ4v) is 3.73. The molecule has 150 valence electrons. The van der Waals surface area contributed by atoms with Crippen molar-refractivity contribution in [3.05, 3.63) is 75.7 Å². The van der Waals surface area contributed by atoms with E-state index in [2.05, 4.69) is 19.9 Å². The Morgan fingerprint density at radius 3 is 2.52 bits per heavy atom. The second-order valence-corrected chi connectivity index (χ2v) is 7.52. The normalized spacial score (nSPS) is 15.5. The van der Waals surface area contributed by atoms with Gasteiger partial charge in [0, 0.05) is 50.4 Å². The van der Waals surface area contributed by atoms with Crippen molar-refractivity contribution < 1.29 is 0 Å². The smallest absolute Gasteiger partial charge is 0.268 e. The molecule has 0 N–H and O–H groups in total. The minimum Gasteiger partial charge on any atom is -0.312 e. The van der Waals surface area contributed by atoms with Gasteiger partial charge in [-0.1, -0.05) is 0 Å². The number of pyridine rings is 1. The predicted molar refractivity (Wildman–Crippen MR) is 109 cm³/mol. The van der Waals surface area contributed by atoms with E-state index >= 15 is 0 Å². The van der Waals surface area contributed by atoms with Crippen molar-refractivity contribution in [3.8, 4) is 11.3 Å². The molecule has 1 fully saturated rings. The molecule has 0 amide bonds. The fraction of sp³-hybridized carbons (Fsp3) is 0.381. The van der Waals surface area contributed by atoms with E-state index < -0.39 is 0 Å². The van der Waals surface area contributed by atoms with Crippen molar-refractivity contribution >= 4 is 0 Å². The summed E-state index contributed by atoms with van der Waals surface area (Å²) in [6.07, 6.45) is 10.1. The van der Waals surface area contributed by atoms with E-state index in [4.69, 9.17) is 0 Å². The Bertz CT molecular complexity index is 1080. The second kappa shape index (κ2) is 8.48. The lowest BCUT2D eigenvalue weighted by Crippen LogP contribution is -2.37. The third-order valence-electron chi connectivity index (χ3n) is 5.57. The molecule has 0 unspecified atom stereocenters. The molecule has 29 heavy (non-hydrogen) atoms. The van der Waals surface area contributed by atoms with Crippen LogP contribution >= 0.6 is 0 Å². The van der Waals surface area contributed by atoms with E-state index in [0.29, 0.717) is 24.7 Å². The summed E-state index contributed by atoms with van der Waals surface area (Å²) in [7, 11) is 1.78. The first-order valence-electron chi connectivity index (χ1n) is 9.79. The van der Waals surface area contributed by atoms with Gasteiger partial charge in [0.15, 0.2) is 0 Å². The molecule has 0 spiro atoms. The van der Waals surface area contributed by atoms with Crippen molar-refractivity contribution in [1.82, 2.24) is 29.0 Å². The number of hydrogen-bond donors (Lipinski definition) is 0. The Kier molecular flexibility index (Phi) is 5.62. The van der Waals surface area contributed by atoms with Crippen molar-refractivity contribution in [3.63, 3.8) is 0 Å². The third-order valence-corrected chi connectivity index (χ3v) is 5.57. The van der Waals surface area contributed by atoms with Crippen LogP contribution in [0.25, 0.3) is 11.3 Å². The van der Waals surface area contributed by atoms with E-state index in [0.717, 1.165) is 37.2 Å². The average molecular weight is 392 g/mol. The van der Waals surface area contributed by atoms with E-state index in [9.17, 15) is 9.59 Å². The van der Waals surface area contributed by atoms with Gasteiger partial charge >= 0.3 is 0 Å². The molecule has 0 bridgehead atoms. The van der Waals surface area contributed by atoms with Gasteiger partial charge in [0.1, 0.15) is 0 Å². The van der Waals surface area contributed by atoms with Gasteiger partial charge in [-0.3, -0.25) is 29.0 Å². The molecule has 1 aliphatic rings. The van der Waals surface area contributed by atoms with E-state index in [1.165, 1.54) is 6.20 Å². The predicted octanol–water partition coefficient (Wildman–Crippen LogP) is 1.31. The van der Waals surface area contributed by atoms with Crippen LogP contribution in [-0.4, -0.2) is 42.1 Å². The number of aromatic nitrogens is 5. The van der Waals surface area contributed by atoms with Crippen LogP contribution in [0.1, 0.15) is 18.5 Å². The summed E-state index contributed by atoms with van der Waals surface area (Å²) in [6.45, 7) is 3.27. The summed E-state index contributed by atoms with van der Waals surface area (Å²) >= 11 is 0. The van der Waals surface area contributed by atoms with Crippen molar-refractivity contribution in [2.45, 2.75) is 25.9 Å². The first kappa shape index (κ1) is 19.2. The zero-order valence-electron chi connectivity index (χ0n) is 16.4. The van der Waals surface area contributed by atoms with Gasteiger partial charge in [-0.15, -0.1) is 0 Å². The molecule has 3 aromatic rings. The van der Waals surface area contributed by atoms with Crippen LogP contribution < -0.4 is 11.1 Å². The molecule has 8 heteroatoms. The van der Waals surface area contributed by atoms with Gasteiger partial charge < -0.3 is 4.57 Å². The zero-order valence-corrected chi connectivity index (χ0v) is 16.4. The number of hydrogen-bond acceptors (Lipinski definition) is 6. The first-order chi connectivity index (χ1) is 14.1. The SMILES string of the molecule is Cn1c(CN2CCC(Cn3cnc(-c4ccncc4)cc3=O)CC2)cncc1=O. The van der Waals surface area contributed by atoms with E-state index in [-0.39, 0.29) is 11.1 Å². The maximum Gasteiger partial charge on any atom is 0.268 e.